The van der Waals surface area contributed by atoms with E-state index in [1.54, 1.807) is 27.2 Å². The van der Waals surface area contributed by atoms with E-state index in [0.717, 1.165) is 16.9 Å². The fourth-order valence-electron chi connectivity index (χ4n) is 5.31. The molecule has 5 rings (SSSR count). The lowest BCUT2D eigenvalue weighted by Gasteiger charge is -2.30. The third kappa shape index (κ3) is 4.81. The Labute approximate surface area is 225 Å². The largest absolute Gasteiger partial charge is 0.500 e. The fourth-order valence-corrected chi connectivity index (χ4v) is 5.31. The molecule has 3 N–H and O–H groups in total. The number of ether oxygens (including phenoxy) is 3. The maximum absolute atomic E-state index is 13.9. The summed E-state index contributed by atoms with van der Waals surface area (Å²) in [4.78, 5) is 25.1. The second kappa shape index (κ2) is 10.6. The number of hydrogen-bond acceptors (Lipinski definition) is 9. The maximum atomic E-state index is 13.9. The van der Waals surface area contributed by atoms with E-state index in [4.69, 9.17) is 14.2 Å². The number of nitro groups is 1. The van der Waals surface area contributed by atoms with Gasteiger partial charge in [-0.05, 0) is 55.3 Å². The SMILES string of the molecule is CCOc1cc([C@H]2Nc3ccccc3NC3=C2C(=O)C[C@H](c2cc(OC)ccc2OC)C3)cc([N+](=O)[O-])c1O. The second-order valence-corrected chi connectivity index (χ2v) is 9.35. The predicted octanol–water partition coefficient (Wildman–Crippen LogP) is 5.70. The van der Waals surface area contributed by atoms with Gasteiger partial charge in [-0.15, -0.1) is 0 Å². The standard InChI is InChI=1S/C29H29N3O7/c1-4-39-26-14-17(12-23(29(26)34)32(35)36)28-27-22(30-20-7-5-6-8-21(20)31-28)11-16(13-24(27)33)19-15-18(37-2)9-10-25(19)38-3/h5-10,12,14-16,28,30-31,34H,4,11,13H2,1-3H3/t16-,28-/m1/s1. The molecule has 0 unspecified atom stereocenters. The lowest BCUT2D eigenvalue weighted by atomic mass is 9.78. The molecule has 0 saturated carbocycles. The molecule has 3 aromatic rings. The van der Waals surface area contributed by atoms with E-state index >= 15 is 0 Å². The Morgan fingerprint density at radius 1 is 1.03 bits per heavy atom. The topological polar surface area (TPSA) is 132 Å². The van der Waals surface area contributed by atoms with Crippen LogP contribution in [0.2, 0.25) is 0 Å². The third-order valence-electron chi connectivity index (χ3n) is 7.09. The quantitative estimate of drug-likeness (QED) is 0.260. The maximum Gasteiger partial charge on any atom is 0.315 e. The zero-order chi connectivity index (χ0) is 27.7. The first-order chi connectivity index (χ1) is 18.8. The number of ketones is 1. The zero-order valence-corrected chi connectivity index (χ0v) is 21.8. The number of carbonyl (C=O) groups excluding carboxylic acids is 1. The van der Waals surface area contributed by atoms with Crippen LogP contribution in [0.5, 0.6) is 23.0 Å². The number of nitro benzene ring substituents is 1. The molecule has 0 saturated heterocycles. The number of aromatic hydroxyl groups is 1. The van der Waals surface area contributed by atoms with Crippen LogP contribution in [0.25, 0.3) is 0 Å². The molecule has 39 heavy (non-hydrogen) atoms. The van der Waals surface area contributed by atoms with Crippen molar-refractivity contribution in [1.82, 2.24) is 0 Å². The van der Waals surface area contributed by atoms with Crippen LogP contribution in [0.3, 0.4) is 0 Å². The summed E-state index contributed by atoms with van der Waals surface area (Å²) >= 11 is 0. The zero-order valence-electron chi connectivity index (χ0n) is 21.8. The summed E-state index contributed by atoms with van der Waals surface area (Å²) in [7, 11) is 3.18. The van der Waals surface area contributed by atoms with Gasteiger partial charge >= 0.3 is 5.69 Å². The molecule has 202 valence electrons. The van der Waals surface area contributed by atoms with Crippen molar-refractivity contribution in [2.45, 2.75) is 31.7 Å². The molecule has 10 nitrogen and oxygen atoms in total. The summed E-state index contributed by atoms with van der Waals surface area (Å²) in [5.41, 5.74) is 3.49. The van der Waals surface area contributed by atoms with Crippen LogP contribution in [0.4, 0.5) is 17.1 Å². The molecule has 0 spiro atoms. The second-order valence-electron chi connectivity index (χ2n) is 9.35. The molecular formula is C29H29N3O7. The van der Waals surface area contributed by atoms with Crippen molar-refractivity contribution in [1.29, 1.82) is 0 Å². The number of hydrogen-bond donors (Lipinski definition) is 3. The molecule has 1 aliphatic heterocycles. The number of rotatable bonds is 7. The Hall–Kier alpha value is -4.73. The van der Waals surface area contributed by atoms with Gasteiger partial charge in [0.1, 0.15) is 11.5 Å². The number of methoxy groups -OCH3 is 2. The van der Waals surface area contributed by atoms with Crippen LogP contribution in [0, 0.1) is 10.1 Å². The Bertz CT molecular complexity index is 1480. The summed E-state index contributed by atoms with van der Waals surface area (Å²) in [5.74, 6) is 0.462. The Kier molecular flexibility index (Phi) is 7.02. The normalized spacial score (nSPS) is 18.2. The van der Waals surface area contributed by atoms with E-state index < -0.39 is 22.4 Å². The van der Waals surface area contributed by atoms with E-state index in [-0.39, 0.29) is 30.5 Å². The van der Waals surface area contributed by atoms with Crippen molar-refractivity contribution < 1.29 is 29.0 Å². The van der Waals surface area contributed by atoms with E-state index in [0.29, 0.717) is 34.8 Å². The Balaban J connectivity index is 1.66. The van der Waals surface area contributed by atoms with Crippen LogP contribution in [-0.4, -0.2) is 36.6 Å². The van der Waals surface area contributed by atoms with Crippen molar-refractivity contribution in [2.24, 2.45) is 0 Å². The highest BCUT2D eigenvalue weighted by Crippen LogP contribution is 2.48. The number of benzene rings is 3. The molecule has 0 aromatic heterocycles. The molecule has 1 aliphatic carbocycles. The minimum absolute atomic E-state index is 0.0154. The smallest absolute Gasteiger partial charge is 0.315 e. The predicted molar refractivity (Wildman–Crippen MR) is 146 cm³/mol. The van der Waals surface area contributed by atoms with Gasteiger partial charge < -0.3 is 30.0 Å². The highest BCUT2D eigenvalue weighted by atomic mass is 16.6. The summed E-state index contributed by atoms with van der Waals surface area (Å²) in [6, 6.07) is 15.2. The molecule has 2 atom stereocenters. The molecule has 3 aromatic carbocycles. The van der Waals surface area contributed by atoms with Gasteiger partial charge in [0, 0.05) is 35.2 Å². The van der Waals surface area contributed by atoms with Crippen molar-refractivity contribution in [2.75, 3.05) is 31.5 Å². The molecule has 0 fully saturated rings. The number of phenols is 1. The number of carbonyl (C=O) groups is 1. The van der Waals surface area contributed by atoms with Crippen molar-refractivity contribution >= 4 is 22.8 Å². The number of nitrogens with one attached hydrogen (secondary N) is 2. The van der Waals surface area contributed by atoms with Gasteiger partial charge in [0.15, 0.2) is 11.5 Å². The number of fused-ring (bicyclic) bond motifs is 1. The van der Waals surface area contributed by atoms with E-state index in [9.17, 15) is 20.0 Å². The molecule has 1 heterocycles. The van der Waals surface area contributed by atoms with Crippen LogP contribution in [-0.2, 0) is 4.79 Å². The van der Waals surface area contributed by atoms with E-state index in [2.05, 4.69) is 10.6 Å². The molecule has 0 amide bonds. The number of anilines is 2. The van der Waals surface area contributed by atoms with Crippen LogP contribution >= 0.6 is 0 Å². The van der Waals surface area contributed by atoms with Gasteiger partial charge in [-0.1, -0.05) is 12.1 Å². The van der Waals surface area contributed by atoms with E-state index in [1.165, 1.54) is 6.07 Å². The van der Waals surface area contributed by atoms with Crippen LogP contribution in [0.15, 0.2) is 65.9 Å². The van der Waals surface area contributed by atoms with Gasteiger partial charge in [0.05, 0.1) is 43.2 Å². The first kappa shape index (κ1) is 25.9. The van der Waals surface area contributed by atoms with Crippen molar-refractivity contribution in [3.63, 3.8) is 0 Å². The molecule has 0 radical (unpaired) electrons. The summed E-state index contributed by atoms with van der Waals surface area (Å²) in [5, 5.41) is 29.1. The average molecular weight is 532 g/mol. The highest BCUT2D eigenvalue weighted by Gasteiger charge is 2.38. The first-order valence-corrected chi connectivity index (χ1v) is 12.6. The average Bonchev–Trinajstić information content (AvgIpc) is 3.10. The van der Waals surface area contributed by atoms with Gasteiger partial charge in [-0.25, -0.2) is 0 Å². The van der Waals surface area contributed by atoms with Crippen LogP contribution < -0.4 is 24.8 Å². The third-order valence-corrected chi connectivity index (χ3v) is 7.09. The minimum atomic E-state index is -0.727. The molecule has 2 aliphatic rings. The van der Waals surface area contributed by atoms with Crippen LogP contribution in [0.1, 0.15) is 42.9 Å². The first-order valence-electron chi connectivity index (χ1n) is 12.6. The lowest BCUT2D eigenvalue weighted by molar-refractivity contribution is -0.386. The number of nitrogens with zero attached hydrogens (tertiary/aromatic N) is 1. The fraction of sp³-hybridized carbons (Fsp3) is 0.276. The molecular weight excluding hydrogens is 502 g/mol. The molecule has 10 heteroatoms. The Morgan fingerprint density at radius 2 is 1.79 bits per heavy atom. The lowest BCUT2D eigenvalue weighted by Crippen LogP contribution is -2.27. The number of para-hydroxylation sites is 2. The van der Waals surface area contributed by atoms with Gasteiger partial charge in [0.25, 0.3) is 0 Å². The van der Waals surface area contributed by atoms with Gasteiger partial charge in [0.2, 0.25) is 5.75 Å². The summed E-state index contributed by atoms with van der Waals surface area (Å²) < 4.78 is 16.6. The molecule has 0 bridgehead atoms. The summed E-state index contributed by atoms with van der Waals surface area (Å²) in [6.07, 6.45) is 0.701. The minimum Gasteiger partial charge on any atom is -0.500 e. The number of phenolic OH excluding ortho intramolecular Hbond substituents is 1. The summed E-state index contributed by atoms with van der Waals surface area (Å²) in [6.45, 7) is 1.92. The highest BCUT2D eigenvalue weighted by molar-refractivity contribution is 6.01. The monoisotopic (exact) mass is 531 g/mol. The van der Waals surface area contributed by atoms with E-state index in [1.807, 2.05) is 42.5 Å². The van der Waals surface area contributed by atoms with Gasteiger partial charge in [-0.2, -0.15) is 0 Å². The van der Waals surface area contributed by atoms with Gasteiger partial charge in [-0.3, -0.25) is 14.9 Å². The Morgan fingerprint density at radius 3 is 2.49 bits per heavy atom. The van der Waals surface area contributed by atoms with Crippen molar-refractivity contribution in [3.8, 4) is 23.0 Å². The van der Waals surface area contributed by atoms with Crippen molar-refractivity contribution in [3.05, 3.63) is 87.1 Å². The number of Topliss-reactive ketones (excluding diaryl/α,β-unsaturated/α-hetero) is 1. The number of allylic oxidation sites excluding steroid dienone is 1.